The Labute approximate surface area is 288 Å². The first kappa shape index (κ1) is 33.9. The molecule has 7 rings (SSSR count). The summed E-state index contributed by atoms with van der Waals surface area (Å²) < 4.78 is 75.6. The Balaban J connectivity index is 1.47. The molecule has 3 aliphatic heterocycles. The number of aryl methyl sites for hydroxylation is 1. The van der Waals surface area contributed by atoms with Gasteiger partial charge in [0, 0.05) is 24.6 Å². The summed E-state index contributed by atoms with van der Waals surface area (Å²) in [5.41, 5.74) is -0.602. The van der Waals surface area contributed by atoms with E-state index >= 15 is 8.78 Å². The predicted molar refractivity (Wildman–Crippen MR) is 183 cm³/mol. The van der Waals surface area contributed by atoms with Gasteiger partial charge in [-0.3, -0.25) is 4.90 Å². The fourth-order valence-electron chi connectivity index (χ4n) is 7.51. The van der Waals surface area contributed by atoms with Gasteiger partial charge in [0.2, 0.25) is 15.0 Å². The third kappa shape index (κ3) is 5.56. The van der Waals surface area contributed by atoms with Crippen molar-refractivity contribution in [3.63, 3.8) is 0 Å². The molecule has 0 N–H and O–H groups in total. The van der Waals surface area contributed by atoms with Crippen LogP contribution < -0.4 is 9.64 Å². The first-order valence-corrected chi connectivity index (χ1v) is 18.2. The normalized spacial score (nSPS) is 20.1. The van der Waals surface area contributed by atoms with Gasteiger partial charge < -0.3 is 19.1 Å². The average Bonchev–Trinajstić information content (AvgIpc) is 3.31. The van der Waals surface area contributed by atoms with Gasteiger partial charge in [-0.2, -0.15) is 0 Å². The van der Waals surface area contributed by atoms with Crippen molar-refractivity contribution in [2.75, 3.05) is 31.1 Å². The molecule has 0 spiro atoms. The zero-order chi connectivity index (χ0) is 35.7. The zero-order valence-electron chi connectivity index (χ0n) is 28.4. The van der Waals surface area contributed by atoms with Crippen molar-refractivity contribution in [2.24, 2.45) is 0 Å². The fraction of sp³-hybridized carbons (Fsp3) is 0.444. The SMILES string of the molecule is C#Cc1c(F)ccc2cc(OCOC)cc(-c3nc4c5c(nc(S(=O)(=O)CC)nc5c3F)N3C[C@H]5CCC(C3CC4)N5C(=O)OC(C)(C)C)c12. The second-order valence-electron chi connectivity index (χ2n) is 13.8. The topological polar surface area (TPSA) is 124 Å². The number of methoxy groups -OCH3 is 1. The third-order valence-electron chi connectivity index (χ3n) is 9.61. The van der Waals surface area contributed by atoms with Gasteiger partial charge in [0.15, 0.2) is 12.6 Å². The number of piperazine rings is 1. The summed E-state index contributed by atoms with van der Waals surface area (Å²) in [4.78, 5) is 31.1. The molecular weight excluding hydrogens is 668 g/mol. The standard InChI is InChI=1S/C36H37F2N5O6S/c1-7-22-24(37)11-9-19-15-21(48-18-47-6)16-23(28(19)22)31-30(38)32-29-25(39-31)12-14-26-27-13-10-20(43(27)35(44)49-36(3,4)5)17-42(26)33(29)41-34(40-32)50(45,46)8-2/h1,9,11,15-16,20,26-27H,8,10,12-14,17-18H2,2-6H3/t20-,26?,27?/m1/s1. The maximum atomic E-state index is 17.2. The van der Waals surface area contributed by atoms with Crippen molar-refractivity contribution in [3.8, 4) is 29.4 Å². The minimum Gasteiger partial charge on any atom is -0.468 e. The van der Waals surface area contributed by atoms with Gasteiger partial charge in [-0.15, -0.1) is 6.42 Å². The molecule has 2 fully saturated rings. The summed E-state index contributed by atoms with van der Waals surface area (Å²) in [5.74, 6) is 1.06. The van der Waals surface area contributed by atoms with Crippen molar-refractivity contribution in [1.29, 1.82) is 0 Å². The van der Waals surface area contributed by atoms with E-state index in [9.17, 15) is 13.2 Å². The number of hydrogen-bond acceptors (Lipinski definition) is 10. The predicted octanol–water partition coefficient (Wildman–Crippen LogP) is 5.78. The van der Waals surface area contributed by atoms with Crippen LogP contribution >= 0.6 is 0 Å². The maximum Gasteiger partial charge on any atom is 0.410 e. The lowest BCUT2D eigenvalue weighted by Gasteiger charge is -2.47. The number of amides is 1. The van der Waals surface area contributed by atoms with Crippen LogP contribution in [0.3, 0.4) is 0 Å². The van der Waals surface area contributed by atoms with Crippen molar-refractivity contribution >= 4 is 43.4 Å². The number of carbonyl (C=O) groups is 1. The molecular formula is C36H37F2N5O6S. The summed E-state index contributed by atoms with van der Waals surface area (Å²) in [7, 11) is -2.55. The molecule has 0 aliphatic carbocycles. The van der Waals surface area contributed by atoms with Gasteiger partial charge in [-0.1, -0.05) is 18.9 Å². The van der Waals surface area contributed by atoms with Gasteiger partial charge in [0.1, 0.15) is 34.2 Å². The Morgan fingerprint density at radius 1 is 1.08 bits per heavy atom. The van der Waals surface area contributed by atoms with E-state index in [1.807, 2.05) is 25.7 Å². The molecule has 2 aromatic carbocycles. The molecule has 3 atom stereocenters. The van der Waals surface area contributed by atoms with E-state index in [2.05, 4.69) is 15.9 Å². The highest BCUT2D eigenvalue weighted by Gasteiger charge is 2.51. The lowest BCUT2D eigenvalue weighted by molar-refractivity contribution is 0.00721. The van der Waals surface area contributed by atoms with Gasteiger partial charge >= 0.3 is 6.09 Å². The number of nitrogens with zero attached hydrogens (tertiary/aromatic N) is 5. The second-order valence-corrected chi connectivity index (χ2v) is 16.0. The number of benzene rings is 2. The minimum atomic E-state index is -4.01. The molecule has 3 aliphatic rings. The largest absolute Gasteiger partial charge is 0.468 e. The van der Waals surface area contributed by atoms with E-state index < -0.39 is 38.3 Å². The Hall–Kier alpha value is -4.61. The second kappa shape index (κ2) is 12.3. The minimum absolute atomic E-state index is 0.0871. The van der Waals surface area contributed by atoms with Crippen LogP contribution in [0.2, 0.25) is 0 Å². The van der Waals surface area contributed by atoms with Crippen LogP contribution in [-0.2, 0) is 25.7 Å². The highest BCUT2D eigenvalue weighted by molar-refractivity contribution is 7.91. The molecule has 0 radical (unpaired) electrons. The summed E-state index contributed by atoms with van der Waals surface area (Å²) >= 11 is 0. The van der Waals surface area contributed by atoms with E-state index in [0.717, 1.165) is 6.42 Å². The van der Waals surface area contributed by atoms with Gasteiger partial charge in [0.05, 0.1) is 40.5 Å². The number of hydrogen-bond donors (Lipinski definition) is 0. The van der Waals surface area contributed by atoms with Gasteiger partial charge in [-0.25, -0.2) is 36.9 Å². The van der Waals surface area contributed by atoms with Gasteiger partial charge in [0.25, 0.3) is 0 Å². The molecule has 11 nitrogen and oxygen atoms in total. The molecule has 2 bridgehead atoms. The molecule has 14 heteroatoms. The van der Waals surface area contributed by atoms with Crippen molar-refractivity contribution in [2.45, 2.75) is 82.3 Å². The number of sulfone groups is 1. The smallest absolute Gasteiger partial charge is 0.410 e. The van der Waals surface area contributed by atoms with E-state index in [4.69, 9.17) is 25.6 Å². The van der Waals surface area contributed by atoms with Crippen LogP contribution in [-0.4, -0.2) is 84.3 Å². The molecule has 2 saturated heterocycles. The van der Waals surface area contributed by atoms with Crippen LogP contribution in [0, 0.1) is 24.0 Å². The molecule has 50 heavy (non-hydrogen) atoms. The van der Waals surface area contributed by atoms with E-state index in [1.54, 1.807) is 11.0 Å². The number of aromatic nitrogens is 3. The zero-order valence-corrected chi connectivity index (χ0v) is 29.2. The van der Waals surface area contributed by atoms with Crippen LogP contribution in [0.1, 0.15) is 58.2 Å². The van der Waals surface area contributed by atoms with E-state index in [0.29, 0.717) is 48.0 Å². The van der Waals surface area contributed by atoms with Crippen molar-refractivity contribution < 1.29 is 36.2 Å². The lowest BCUT2D eigenvalue weighted by Crippen LogP contribution is -2.62. The quantitative estimate of drug-likeness (QED) is 0.139. The van der Waals surface area contributed by atoms with Crippen LogP contribution in [0.25, 0.3) is 32.9 Å². The first-order valence-electron chi connectivity index (χ1n) is 16.5. The Morgan fingerprint density at radius 3 is 2.56 bits per heavy atom. The van der Waals surface area contributed by atoms with Crippen molar-refractivity contribution in [1.82, 2.24) is 19.9 Å². The molecule has 5 heterocycles. The molecule has 1 amide bonds. The van der Waals surface area contributed by atoms with Crippen LogP contribution in [0.4, 0.5) is 19.4 Å². The maximum absolute atomic E-state index is 17.2. The fourth-order valence-corrected chi connectivity index (χ4v) is 8.22. The van der Waals surface area contributed by atoms with Crippen LogP contribution in [0.5, 0.6) is 5.75 Å². The summed E-state index contributed by atoms with van der Waals surface area (Å²) in [6.07, 6.45) is 7.64. The summed E-state index contributed by atoms with van der Waals surface area (Å²) in [5, 5.41) is 0.503. The molecule has 2 unspecified atom stereocenters. The van der Waals surface area contributed by atoms with E-state index in [-0.39, 0.29) is 64.2 Å². The van der Waals surface area contributed by atoms with Crippen molar-refractivity contribution in [3.05, 3.63) is 47.2 Å². The molecule has 2 aromatic heterocycles. The molecule has 0 saturated carbocycles. The lowest BCUT2D eigenvalue weighted by atomic mass is 9.95. The van der Waals surface area contributed by atoms with Gasteiger partial charge in [-0.05, 0) is 70.0 Å². The highest BCUT2D eigenvalue weighted by atomic mass is 32.2. The number of ether oxygens (including phenoxy) is 3. The molecule has 262 valence electrons. The summed E-state index contributed by atoms with van der Waals surface area (Å²) in [6.45, 7) is 7.16. The molecule has 4 aromatic rings. The van der Waals surface area contributed by atoms with E-state index in [1.165, 1.54) is 32.2 Å². The number of fused-ring (bicyclic) bond motifs is 6. The Morgan fingerprint density at radius 2 is 1.86 bits per heavy atom. The summed E-state index contributed by atoms with van der Waals surface area (Å²) in [6, 6.07) is 5.13. The number of terminal acetylenes is 1. The number of rotatable bonds is 6. The number of pyridine rings is 1. The number of anilines is 1. The van der Waals surface area contributed by atoms with Crippen LogP contribution in [0.15, 0.2) is 29.4 Å². The Kier molecular flexibility index (Phi) is 8.34. The third-order valence-corrected chi connectivity index (χ3v) is 11.1. The number of halogens is 2. The average molecular weight is 706 g/mol. The highest BCUT2D eigenvalue weighted by Crippen LogP contribution is 2.45. The Bertz CT molecular complexity index is 2220. The first-order chi connectivity index (χ1) is 23.8. The monoisotopic (exact) mass is 705 g/mol. The number of carbonyl (C=O) groups excluding carboxylic acids is 1.